The van der Waals surface area contributed by atoms with E-state index >= 15 is 0 Å². The molecule has 0 aliphatic carbocycles. The summed E-state index contributed by atoms with van der Waals surface area (Å²) >= 11 is 0. The van der Waals surface area contributed by atoms with Crippen molar-refractivity contribution in [1.82, 2.24) is 4.90 Å². The quantitative estimate of drug-likeness (QED) is 0.502. The van der Waals surface area contributed by atoms with Crippen LogP contribution in [-0.2, 0) is 25.6 Å². The third kappa shape index (κ3) is 6.14. The van der Waals surface area contributed by atoms with E-state index in [1.54, 1.807) is 6.92 Å². The monoisotopic (exact) mass is 433 g/mol. The van der Waals surface area contributed by atoms with E-state index in [0.29, 0.717) is 12.2 Å². The van der Waals surface area contributed by atoms with Crippen molar-refractivity contribution in [2.24, 2.45) is 0 Å². The summed E-state index contributed by atoms with van der Waals surface area (Å²) in [5.74, 6) is 6.39. The highest BCUT2D eigenvalue weighted by molar-refractivity contribution is 5.74. The van der Waals surface area contributed by atoms with Crippen molar-refractivity contribution < 1.29 is 23.8 Å². The van der Waals surface area contributed by atoms with Gasteiger partial charge in [-0.15, -0.1) is 0 Å². The van der Waals surface area contributed by atoms with Gasteiger partial charge >= 0.3 is 12.1 Å². The predicted octanol–water partition coefficient (Wildman–Crippen LogP) is 4.30. The summed E-state index contributed by atoms with van der Waals surface area (Å²) in [5, 5.41) is 0. The highest BCUT2D eigenvalue weighted by Crippen LogP contribution is 2.27. The molecule has 1 heterocycles. The second-order valence-electron chi connectivity index (χ2n) is 7.17. The lowest BCUT2D eigenvalue weighted by Gasteiger charge is -2.38. The Labute approximate surface area is 188 Å². The zero-order chi connectivity index (χ0) is 22.8. The fraction of sp³-hybridized carbons (Fsp3) is 0.308. The van der Waals surface area contributed by atoms with Crippen LogP contribution < -0.4 is 0 Å². The third-order valence-electron chi connectivity index (χ3n) is 5.02. The molecule has 6 nitrogen and oxygen atoms in total. The number of amides is 1. The summed E-state index contributed by atoms with van der Waals surface area (Å²) in [6, 6.07) is 17.8. The van der Waals surface area contributed by atoms with Crippen LogP contribution in [0.15, 0.2) is 72.5 Å². The number of rotatable bonds is 6. The van der Waals surface area contributed by atoms with E-state index in [0.717, 1.165) is 11.1 Å². The molecule has 2 aromatic rings. The van der Waals surface area contributed by atoms with Crippen molar-refractivity contribution in [3.63, 3.8) is 0 Å². The summed E-state index contributed by atoms with van der Waals surface area (Å²) < 4.78 is 16.2. The second kappa shape index (κ2) is 11.6. The number of carbonyl (C=O) groups is 2. The minimum Gasteiger partial charge on any atom is -0.499 e. The molecule has 0 saturated heterocycles. The maximum atomic E-state index is 13.2. The summed E-state index contributed by atoms with van der Waals surface area (Å²) in [6.45, 7) is 2.12. The van der Waals surface area contributed by atoms with Gasteiger partial charge in [-0.25, -0.2) is 4.79 Å². The number of hydrogen-bond donors (Lipinski definition) is 0. The minimum absolute atomic E-state index is 0.0442. The average Bonchev–Trinajstić information content (AvgIpc) is 2.82. The summed E-state index contributed by atoms with van der Waals surface area (Å²) in [7, 11) is 1.52. The molecule has 1 amide bonds. The van der Waals surface area contributed by atoms with Crippen molar-refractivity contribution in [2.45, 2.75) is 38.5 Å². The van der Waals surface area contributed by atoms with Crippen LogP contribution in [0.25, 0.3) is 0 Å². The first-order valence-electron chi connectivity index (χ1n) is 10.6. The number of methoxy groups -OCH3 is 1. The van der Waals surface area contributed by atoms with Gasteiger partial charge in [0.25, 0.3) is 0 Å². The fourth-order valence-corrected chi connectivity index (χ4v) is 3.49. The lowest BCUT2D eigenvalue weighted by atomic mass is 9.98. The number of esters is 1. The molecule has 2 atom stereocenters. The smallest absolute Gasteiger partial charge is 0.411 e. The Bertz CT molecular complexity index is 991. The van der Waals surface area contributed by atoms with Crippen molar-refractivity contribution in [3.05, 3.63) is 83.6 Å². The lowest BCUT2D eigenvalue weighted by Crippen LogP contribution is -2.51. The molecular weight excluding hydrogens is 406 g/mol. The number of nitrogens with zero attached hydrogens (tertiary/aromatic N) is 1. The largest absolute Gasteiger partial charge is 0.499 e. The van der Waals surface area contributed by atoms with Gasteiger partial charge in [0, 0.05) is 12.0 Å². The molecule has 166 valence electrons. The Morgan fingerprint density at radius 2 is 1.72 bits per heavy atom. The van der Waals surface area contributed by atoms with Crippen LogP contribution in [0.4, 0.5) is 4.79 Å². The van der Waals surface area contributed by atoms with Gasteiger partial charge in [-0.2, -0.15) is 0 Å². The summed E-state index contributed by atoms with van der Waals surface area (Å²) in [5.41, 5.74) is 1.71. The van der Waals surface area contributed by atoms with Crippen LogP contribution in [0.5, 0.6) is 0 Å². The average molecular weight is 434 g/mol. The fourth-order valence-electron chi connectivity index (χ4n) is 3.49. The maximum absolute atomic E-state index is 13.2. The molecule has 2 aromatic carbocycles. The lowest BCUT2D eigenvalue weighted by molar-refractivity contribution is -0.144. The highest BCUT2D eigenvalue weighted by atomic mass is 16.6. The Morgan fingerprint density at radius 3 is 2.38 bits per heavy atom. The Morgan fingerprint density at radius 1 is 1.03 bits per heavy atom. The Balaban J connectivity index is 1.87. The normalized spacial score (nSPS) is 17.4. The molecule has 1 aliphatic heterocycles. The van der Waals surface area contributed by atoms with Gasteiger partial charge in [-0.05, 0) is 30.7 Å². The van der Waals surface area contributed by atoms with E-state index in [4.69, 9.17) is 14.2 Å². The highest BCUT2D eigenvalue weighted by Gasteiger charge is 2.38. The first kappa shape index (κ1) is 23.0. The summed E-state index contributed by atoms with van der Waals surface area (Å²) in [4.78, 5) is 27.0. The first-order valence-corrected chi connectivity index (χ1v) is 10.6. The van der Waals surface area contributed by atoms with Crippen molar-refractivity contribution in [2.75, 3.05) is 13.7 Å². The van der Waals surface area contributed by atoms with Gasteiger partial charge in [0.2, 0.25) is 0 Å². The van der Waals surface area contributed by atoms with Crippen LogP contribution in [0.2, 0.25) is 0 Å². The number of carbonyl (C=O) groups excluding carboxylic acids is 2. The molecule has 32 heavy (non-hydrogen) atoms. The molecule has 0 bridgehead atoms. The zero-order valence-corrected chi connectivity index (χ0v) is 18.3. The maximum Gasteiger partial charge on any atom is 0.411 e. The molecular formula is C26H27NO5. The van der Waals surface area contributed by atoms with Gasteiger partial charge in [0.15, 0.2) is 0 Å². The standard InChI is InChI=1S/C26H27NO5/c1-3-31-25(28)18-23-24(30-2)17-16-22(15-14-20-10-6-4-7-11-20)27(23)26(29)32-19-21-12-8-5-9-13-21/h4-13,17,22-23H,3,16,18-19H2,1-2H3/t22-,23+/m1/s1. The first-order chi connectivity index (χ1) is 15.6. The molecule has 3 rings (SSSR count). The molecule has 0 spiro atoms. The molecule has 0 N–H and O–H groups in total. The second-order valence-corrected chi connectivity index (χ2v) is 7.17. The molecule has 0 aromatic heterocycles. The molecule has 1 aliphatic rings. The van der Waals surface area contributed by atoms with Crippen LogP contribution >= 0.6 is 0 Å². The van der Waals surface area contributed by atoms with E-state index in [-0.39, 0.29) is 19.6 Å². The topological polar surface area (TPSA) is 65.1 Å². The van der Waals surface area contributed by atoms with Gasteiger partial charge in [-0.3, -0.25) is 9.69 Å². The Hall–Kier alpha value is -3.72. The van der Waals surface area contributed by atoms with Gasteiger partial charge in [0.1, 0.15) is 24.4 Å². The molecule has 0 fully saturated rings. The van der Waals surface area contributed by atoms with Crippen molar-refractivity contribution in [3.8, 4) is 11.8 Å². The van der Waals surface area contributed by atoms with Crippen LogP contribution in [0.1, 0.15) is 30.9 Å². The van der Waals surface area contributed by atoms with E-state index in [1.165, 1.54) is 12.0 Å². The zero-order valence-electron chi connectivity index (χ0n) is 18.3. The van der Waals surface area contributed by atoms with Gasteiger partial charge in [0.05, 0.1) is 20.1 Å². The third-order valence-corrected chi connectivity index (χ3v) is 5.02. The minimum atomic E-state index is -0.661. The number of benzene rings is 2. The molecule has 0 saturated carbocycles. The van der Waals surface area contributed by atoms with Crippen LogP contribution in [0, 0.1) is 11.8 Å². The predicted molar refractivity (Wildman–Crippen MR) is 120 cm³/mol. The molecule has 0 radical (unpaired) electrons. The number of ether oxygens (including phenoxy) is 3. The van der Waals surface area contributed by atoms with Crippen molar-refractivity contribution in [1.29, 1.82) is 0 Å². The summed E-state index contributed by atoms with van der Waals surface area (Å²) in [6.07, 6.45) is 1.73. The molecule has 0 unspecified atom stereocenters. The van der Waals surface area contributed by atoms with Gasteiger partial charge in [-0.1, -0.05) is 60.4 Å². The van der Waals surface area contributed by atoms with E-state index < -0.39 is 24.1 Å². The van der Waals surface area contributed by atoms with E-state index in [2.05, 4.69) is 11.8 Å². The Kier molecular flexibility index (Phi) is 8.33. The van der Waals surface area contributed by atoms with Crippen molar-refractivity contribution >= 4 is 12.1 Å². The van der Waals surface area contributed by atoms with E-state index in [1.807, 2.05) is 66.7 Å². The number of hydrogen-bond acceptors (Lipinski definition) is 5. The molecule has 6 heteroatoms. The SMILES string of the molecule is CCOC(=O)C[C@H]1C(OC)=CC[C@@H](C#Cc2ccccc2)N1C(=O)OCc1ccccc1. The van der Waals surface area contributed by atoms with Gasteiger partial charge < -0.3 is 14.2 Å². The van der Waals surface area contributed by atoms with Crippen LogP contribution in [-0.4, -0.2) is 42.8 Å². The van der Waals surface area contributed by atoms with Crippen LogP contribution in [0.3, 0.4) is 0 Å². The van der Waals surface area contributed by atoms with E-state index in [9.17, 15) is 9.59 Å².